The van der Waals surface area contributed by atoms with E-state index in [2.05, 4.69) is 13.2 Å². The minimum atomic E-state index is -1.46. The first-order valence-electron chi connectivity index (χ1n) is 8.00. The minimum absolute atomic E-state index is 0.188. The lowest BCUT2D eigenvalue weighted by Gasteiger charge is -2.31. The first kappa shape index (κ1) is 22.4. The van der Waals surface area contributed by atoms with Crippen LogP contribution in [0.2, 0.25) is 0 Å². The van der Waals surface area contributed by atoms with Gasteiger partial charge < -0.3 is 28.0 Å². The van der Waals surface area contributed by atoms with Crippen LogP contribution >= 0.6 is 8.38 Å². The number of nitrogens with zero attached hydrogens (tertiary/aromatic N) is 1. The van der Waals surface area contributed by atoms with Gasteiger partial charge in [0.2, 0.25) is 0 Å². The largest absolute Gasteiger partial charge is 0.496 e. The number of hydrogen-bond donors (Lipinski definition) is 0. The fourth-order valence-corrected chi connectivity index (χ4v) is 3.18. The Morgan fingerprint density at radius 3 is 2.80 bits per heavy atom. The molecule has 1 saturated heterocycles. The number of ether oxygens (including phenoxy) is 4. The molecule has 1 rings (SSSR count). The molecular formula is C16H26BNO6P-. The van der Waals surface area contributed by atoms with E-state index in [1.807, 2.05) is 13.0 Å². The molecule has 0 aromatic heterocycles. The van der Waals surface area contributed by atoms with Gasteiger partial charge in [-0.15, -0.1) is 0 Å². The third-order valence-corrected chi connectivity index (χ3v) is 4.27. The molecule has 1 heterocycles. The second-order valence-electron chi connectivity index (χ2n) is 5.66. The Morgan fingerprint density at radius 1 is 1.48 bits per heavy atom. The Balaban J connectivity index is 2.73. The van der Waals surface area contributed by atoms with Crippen LogP contribution in [0.25, 0.3) is 0 Å². The molecule has 9 heteroatoms. The smallest absolute Gasteiger partial charge is 0.120 e. The van der Waals surface area contributed by atoms with Crippen LogP contribution in [-0.4, -0.2) is 65.2 Å². The maximum atomic E-state index is 8.58. The molecule has 1 aliphatic rings. The molecule has 0 bridgehead atoms. The van der Waals surface area contributed by atoms with E-state index in [-0.39, 0.29) is 25.7 Å². The van der Waals surface area contributed by atoms with E-state index in [0.29, 0.717) is 12.4 Å². The van der Waals surface area contributed by atoms with Gasteiger partial charge in [-0.3, -0.25) is 6.66 Å². The van der Waals surface area contributed by atoms with Crippen molar-refractivity contribution in [2.45, 2.75) is 50.7 Å². The zero-order valence-electron chi connectivity index (χ0n) is 15.1. The molecule has 0 saturated carbocycles. The van der Waals surface area contributed by atoms with E-state index in [0.717, 1.165) is 0 Å². The van der Waals surface area contributed by atoms with E-state index in [9.17, 15) is 0 Å². The normalized spacial score (nSPS) is 28.3. The average molecular weight is 370 g/mol. The van der Waals surface area contributed by atoms with Gasteiger partial charge in [0.05, 0.1) is 37.6 Å². The molecule has 0 amide bonds. The summed E-state index contributed by atoms with van der Waals surface area (Å²) in [6, 6.07) is 1.33. The summed E-state index contributed by atoms with van der Waals surface area (Å²) in [6.45, 7) is 12.1. The van der Waals surface area contributed by atoms with Gasteiger partial charge in [-0.2, -0.15) is 5.26 Å². The molecule has 6 atom stereocenters. The number of rotatable bonds is 12. The highest BCUT2D eigenvalue weighted by Gasteiger charge is 2.45. The van der Waals surface area contributed by atoms with Crippen molar-refractivity contribution in [1.29, 1.82) is 5.26 Å². The molecule has 7 nitrogen and oxygen atoms in total. The second-order valence-corrected chi connectivity index (χ2v) is 6.80. The van der Waals surface area contributed by atoms with Crippen LogP contribution in [0, 0.1) is 18.0 Å². The van der Waals surface area contributed by atoms with Crippen molar-refractivity contribution in [2.75, 3.05) is 26.9 Å². The average Bonchev–Trinajstić information content (AvgIpc) is 2.82. The quantitative estimate of drug-likeness (QED) is 0.171. The number of allylic oxidation sites excluding steroid dienone is 1. The summed E-state index contributed by atoms with van der Waals surface area (Å²) in [4.78, 5) is 0. The number of methoxy groups -OCH3 is 1. The molecule has 0 spiro atoms. The first-order valence-corrected chi connectivity index (χ1v) is 9.36. The second kappa shape index (κ2) is 11.8. The predicted octanol–water partition coefficient (Wildman–Crippen LogP) is 2.27. The number of nitriles is 1. The monoisotopic (exact) mass is 370 g/mol. The Kier molecular flexibility index (Phi) is 10.6. The SMILES string of the molecule is [B]C1OC(COC(=C)C)C(OP([CH2-])OCCC#N)C1OC(C)COC. The summed E-state index contributed by atoms with van der Waals surface area (Å²) in [5.41, 5.74) is 0. The minimum Gasteiger partial charge on any atom is -0.496 e. The lowest BCUT2D eigenvalue weighted by molar-refractivity contribution is -0.0743. The highest BCUT2D eigenvalue weighted by Crippen LogP contribution is 2.42. The van der Waals surface area contributed by atoms with Crippen LogP contribution in [0.4, 0.5) is 0 Å². The summed E-state index contributed by atoms with van der Waals surface area (Å²) >= 11 is 0. The maximum Gasteiger partial charge on any atom is 0.120 e. The van der Waals surface area contributed by atoms with Crippen molar-refractivity contribution in [3.63, 3.8) is 0 Å². The van der Waals surface area contributed by atoms with Crippen LogP contribution < -0.4 is 0 Å². The summed E-state index contributed by atoms with van der Waals surface area (Å²) in [5, 5.41) is 8.58. The van der Waals surface area contributed by atoms with Gasteiger partial charge >= 0.3 is 0 Å². The highest BCUT2D eigenvalue weighted by atomic mass is 31.2. The van der Waals surface area contributed by atoms with E-state index in [1.165, 1.54) is 0 Å². The zero-order chi connectivity index (χ0) is 18.8. The molecule has 0 aromatic carbocycles. The van der Waals surface area contributed by atoms with Crippen LogP contribution in [0.15, 0.2) is 12.3 Å². The van der Waals surface area contributed by atoms with Crippen molar-refractivity contribution >= 4 is 16.2 Å². The van der Waals surface area contributed by atoms with Crippen LogP contribution in [0.1, 0.15) is 20.3 Å². The Labute approximate surface area is 152 Å². The van der Waals surface area contributed by atoms with Gasteiger partial charge in [0.25, 0.3) is 0 Å². The lowest BCUT2D eigenvalue weighted by Crippen LogP contribution is -2.40. The van der Waals surface area contributed by atoms with Crippen LogP contribution in [-0.2, 0) is 28.0 Å². The molecule has 25 heavy (non-hydrogen) atoms. The molecule has 0 aromatic rings. The van der Waals surface area contributed by atoms with E-state index < -0.39 is 32.7 Å². The van der Waals surface area contributed by atoms with Gasteiger partial charge in [0.15, 0.2) is 0 Å². The van der Waals surface area contributed by atoms with Gasteiger partial charge in [0.1, 0.15) is 32.8 Å². The number of hydrogen-bond acceptors (Lipinski definition) is 7. The third kappa shape index (κ3) is 8.04. The van der Waals surface area contributed by atoms with Crippen LogP contribution in [0.3, 0.4) is 0 Å². The molecule has 1 fully saturated rings. The van der Waals surface area contributed by atoms with E-state index in [4.69, 9.17) is 41.1 Å². The molecular weight excluding hydrogens is 344 g/mol. The van der Waals surface area contributed by atoms with Gasteiger partial charge in [-0.25, -0.2) is 0 Å². The molecule has 0 aliphatic carbocycles. The first-order chi connectivity index (χ1) is 11.9. The third-order valence-electron chi connectivity index (χ3n) is 3.32. The molecule has 2 radical (unpaired) electrons. The molecule has 1 aliphatic heterocycles. The summed E-state index contributed by atoms with van der Waals surface area (Å²) in [7, 11) is 6.20. The summed E-state index contributed by atoms with van der Waals surface area (Å²) in [5.74, 6) is 0.565. The highest BCUT2D eigenvalue weighted by molar-refractivity contribution is 7.48. The van der Waals surface area contributed by atoms with Crippen molar-refractivity contribution in [3.8, 4) is 6.07 Å². The maximum absolute atomic E-state index is 8.58. The summed E-state index contributed by atoms with van der Waals surface area (Å²) < 4.78 is 33.6. The fraction of sp³-hybridized carbons (Fsp3) is 0.750. The molecule has 0 N–H and O–H groups in total. The standard InChI is InChI=1S/C16H26BNO6P/c1-11(2)20-10-13-14(24-25(5)21-8-6-7-18)15(16(17)23-13)22-12(3)9-19-4/h12-16H,1,5-6,8-10H2,2-4H3/q-1. The van der Waals surface area contributed by atoms with E-state index in [1.54, 1.807) is 14.0 Å². The zero-order valence-corrected chi connectivity index (χ0v) is 15.9. The van der Waals surface area contributed by atoms with Gasteiger partial charge in [0, 0.05) is 21.5 Å². The van der Waals surface area contributed by atoms with Crippen molar-refractivity contribution in [2.24, 2.45) is 0 Å². The van der Waals surface area contributed by atoms with Crippen molar-refractivity contribution < 1.29 is 28.0 Å². The van der Waals surface area contributed by atoms with Gasteiger partial charge in [-0.05, 0) is 13.8 Å². The fourth-order valence-electron chi connectivity index (χ4n) is 2.30. The predicted molar refractivity (Wildman–Crippen MR) is 94.7 cm³/mol. The Hall–Kier alpha value is -0.675. The molecule has 6 unspecified atom stereocenters. The van der Waals surface area contributed by atoms with Crippen molar-refractivity contribution in [1.82, 2.24) is 0 Å². The van der Waals surface area contributed by atoms with Gasteiger partial charge in [-0.1, -0.05) is 6.58 Å². The summed E-state index contributed by atoms with van der Waals surface area (Å²) in [6.07, 6.45) is -1.40. The molecule has 140 valence electrons. The van der Waals surface area contributed by atoms with E-state index >= 15 is 0 Å². The Bertz CT molecular complexity index is 449. The Morgan fingerprint density at radius 2 is 2.20 bits per heavy atom. The lowest BCUT2D eigenvalue weighted by atomic mass is 9.92. The topological polar surface area (TPSA) is 79.2 Å². The van der Waals surface area contributed by atoms with Crippen LogP contribution in [0.5, 0.6) is 0 Å². The van der Waals surface area contributed by atoms with Crippen molar-refractivity contribution in [3.05, 3.63) is 19.0 Å².